The predicted octanol–water partition coefficient (Wildman–Crippen LogP) is 4.56. The molecule has 7 heteroatoms. The van der Waals surface area contributed by atoms with E-state index in [1.807, 2.05) is 6.92 Å². The van der Waals surface area contributed by atoms with E-state index in [0.29, 0.717) is 23.8 Å². The lowest BCUT2D eigenvalue weighted by molar-refractivity contribution is -0.137. The third-order valence-electron chi connectivity index (χ3n) is 3.11. The van der Waals surface area contributed by atoms with Gasteiger partial charge in [0.1, 0.15) is 0 Å². The number of nitrogens with zero attached hydrogens (tertiary/aromatic N) is 1. The third kappa shape index (κ3) is 4.65. The van der Waals surface area contributed by atoms with Crippen molar-refractivity contribution in [2.75, 3.05) is 19.1 Å². The first kappa shape index (κ1) is 17.7. The lowest BCUT2D eigenvalue weighted by atomic mass is 10.2. The van der Waals surface area contributed by atoms with Gasteiger partial charge in [-0.25, -0.2) is 0 Å². The average Bonchev–Trinajstić information content (AvgIpc) is 2.56. The minimum absolute atomic E-state index is 0.456. The minimum atomic E-state index is -4.35. The standard InChI is InChI=1S/C17H17F3N2O2/c1-3-24-15-9-4-12(10-16(15)23-2)11-21-22-14-7-5-13(6-8-14)17(18,19)20/h4-11,22H,3H2,1-2H3. The van der Waals surface area contributed by atoms with Gasteiger partial charge in [0.05, 0.1) is 31.2 Å². The second-order valence-electron chi connectivity index (χ2n) is 4.79. The maximum Gasteiger partial charge on any atom is 0.416 e. The van der Waals surface area contributed by atoms with E-state index >= 15 is 0 Å². The van der Waals surface area contributed by atoms with Crippen molar-refractivity contribution in [3.05, 3.63) is 53.6 Å². The topological polar surface area (TPSA) is 42.8 Å². The molecule has 0 heterocycles. The maximum absolute atomic E-state index is 12.5. The van der Waals surface area contributed by atoms with Crippen molar-refractivity contribution in [2.24, 2.45) is 5.10 Å². The Hall–Kier alpha value is -2.70. The first-order valence-corrected chi connectivity index (χ1v) is 7.21. The van der Waals surface area contributed by atoms with Gasteiger partial charge in [0.15, 0.2) is 11.5 Å². The Morgan fingerprint density at radius 3 is 2.38 bits per heavy atom. The van der Waals surface area contributed by atoms with Gasteiger partial charge in [-0.1, -0.05) is 0 Å². The average molecular weight is 338 g/mol. The van der Waals surface area contributed by atoms with E-state index in [0.717, 1.165) is 17.7 Å². The number of benzene rings is 2. The molecular formula is C17H17F3N2O2. The summed E-state index contributed by atoms with van der Waals surface area (Å²) in [5.74, 6) is 1.21. The van der Waals surface area contributed by atoms with Crippen LogP contribution in [0.2, 0.25) is 0 Å². The molecule has 0 fully saturated rings. The zero-order valence-corrected chi connectivity index (χ0v) is 13.2. The van der Waals surface area contributed by atoms with Gasteiger partial charge in [-0.3, -0.25) is 5.43 Å². The van der Waals surface area contributed by atoms with Gasteiger partial charge in [-0.05, 0) is 55.0 Å². The highest BCUT2D eigenvalue weighted by Gasteiger charge is 2.29. The van der Waals surface area contributed by atoms with Gasteiger partial charge in [0.25, 0.3) is 0 Å². The molecule has 1 N–H and O–H groups in total. The Morgan fingerprint density at radius 1 is 1.08 bits per heavy atom. The van der Waals surface area contributed by atoms with Crippen molar-refractivity contribution in [1.82, 2.24) is 0 Å². The molecule has 0 radical (unpaired) electrons. The zero-order chi connectivity index (χ0) is 17.6. The Morgan fingerprint density at radius 2 is 1.79 bits per heavy atom. The lowest BCUT2D eigenvalue weighted by Gasteiger charge is -2.09. The molecule has 4 nitrogen and oxygen atoms in total. The fraction of sp³-hybridized carbons (Fsp3) is 0.235. The van der Waals surface area contributed by atoms with E-state index < -0.39 is 11.7 Å². The molecule has 0 aliphatic carbocycles. The molecule has 0 unspecified atom stereocenters. The van der Waals surface area contributed by atoms with E-state index in [1.165, 1.54) is 18.3 Å². The first-order valence-electron chi connectivity index (χ1n) is 7.21. The fourth-order valence-corrected chi connectivity index (χ4v) is 1.95. The summed E-state index contributed by atoms with van der Waals surface area (Å²) < 4.78 is 48.1. The van der Waals surface area contributed by atoms with Crippen molar-refractivity contribution in [2.45, 2.75) is 13.1 Å². The smallest absolute Gasteiger partial charge is 0.416 e. The third-order valence-corrected chi connectivity index (χ3v) is 3.11. The molecule has 0 atom stereocenters. The Bertz CT molecular complexity index is 698. The summed E-state index contributed by atoms with van der Waals surface area (Å²) in [6.45, 7) is 2.40. The molecule has 0 spiro atoms. The molecule has 2 aromatic carbocycles. The van der Waals surface area contributed by atoms with Crippen LogP contribution < -0.4 is 14.9 Å². The number of hydrogen-bond acceptors (Lipinski definition) is 4. The number of halogens is 3. The van der Waals surface area contributed by atoms with Crippen LogP contribution in [0, 0.1) is 0 Å². The first-order chi connectivity index (χ1) is 11.4. The molecule has 0 bridgehead atoms. The monoisotopic (exact) mass is 338 g/mol. The second-order valence-corrected chi connectivity index (χ2v) is 4.79. The van der Waals surface area contributed by atoms with Crippen LogP contribution in [-0.4, -0.2) is 19.9 Å². The highest BCUT2D eigenvalue weighted by molar-refractivity contribution is 5.81. The van der Waals surface area contributed by atoms with Gasteiger partial charge >= 0.3 is 6.18 Å². The number of anilines is 1. The van der Waals surface area contributed by atoms with E-state index in [9.17, 15) is 13.2 Å². The zero-order valence-electron chi connectivity index (χ0n) is 13.2. The van der Waals surface area contributed by atoms with Crippen molar-refractivity contribution in [3.8, 4) is 11.5 Å². The molecule has 24 heavy (non-hydrogen) atoms. The number of hydrogen-bond donors (Lipinski definition) is 1. The SMILES string of the molecule is CCOc1ccc(C=NNc2ccc(C(F)(F)F)cc2)cc1OC. The molecule has 0 saturated carbocycles. The van der Waals surface area contributed by atoms with E-state index in [2.05, 4.69) is 10.5 Å². The second kappa shape index (κ2) is 7.72. The number of alkyl halides is 3. The van der Waals surface area contributed by atoms with Crippen molar-refractivity contribution >= 4 is 11.9 Å². The van der Waals surface area contributed by atoms with E-state index in [4.69, 9.17) is 9.47 Å². The van der Waals surface area contributed by atoms with Crippen LogP contribution in [0.1, 0.15) is 18.1 Å². The summed E-state index contributed by atoms with van der Waals surface area (Å²) >= 11 is 0. The summed E-state index contributed by atoms with van der Waals surface area (Å²) in [6.07, 6.45) is -2.81. The normalized spacial score (nSPS) is 11.5. The fourth-order valence-electron chi connectivity index (χ4n) is 1.95. The molecule has 0 aliphatic rings. The molecule has 0 aliphatic heterocycles. The van der Waals surface area contributed by atoms with Crippen LogP contribution in [0.3, 0.4) is 0 Å². The van der Waals surface area contributed by atoms with Crippen LogP contribution in [0.4, 0.5) is 18.9 Å². The highest BCUT2D eigenvalue weighted by atomic mass is 19.4. The number of ether oxygens (including phenoxy) is 2. The molecule has 128 valence electrons. The van der Waals surface area contributed by atoms with E-state index in [-0.39, 0.29) is 0 Å². The largest absolute Gasteiger partial charge is 0.493 e. The van der Waals surface area contributed by atoms with Gasteiger partial charge in [0, 0.05) is 0 Å². The molecule has 0 saturated heterocycles. The number of methoxy groups -OCH3 is 1. The predicted molar refractivity (Wildman–Crippen MR) is 86.8 cm³/mol. The molecule has 2 aromatic rings. The number of rotatable bonds is 6. The van der Waals surface area contributed by atoms with Gasteiger partial charge in [-0.15, -0.1) is 0 Å². The Balaban J connectivity index is 2.03. The molecule has 0 aromatic heterocycles. The van der Waals surface area contributed by atoms with Gasteiger partial charge in [-0.2, -0.15) is 18.3 Å². The van der Waals surface area contributed by atoms with Gasteiger partial charge in [0.2, 0.25) is 0 Å². The van der Waals surface area contributed by atoms with Crippen LogP contribution in [-0.2, 0) is 6.18 Å². The minimum Gasteiger partial charge on any atom is -0.493 e. The summed E-state index contributed by atoms with van der Waals surface area (Å²) in [4.78, 5) is 0. The van der Waals surface area contributed by atoms with Crippen LogP contribution in [0.5, 0.6) is 11.5 Å². The summed E-state index contributed by atoms with van der Waals surface area (Å²) in [7, 11) is 1.54. The maximum atomic E-state index is 12.5. The van der Waals surface area contributed by atoms with E-state index in [1.54, 1.807) is 25.3 Å². The van der Waals surface area contributed by atoms with Crippen LogP contribution >= 0.6 is 0 Å². The van der Waals surface area contributed by atoms with Crippen molar-refractivity contribution < 1.29 is 22.6 Å². The Kier molecular flexibility index (Phi) is 5.68. The summed E-state index contributed by atoms with van der Waals surface area (Å²) in [5.41, 5.74) is 3.19. The van der Waals surface area contributed by atoms with Gasteiger partial charge < -0.3 is 9.47 Å². The molecule has 2 rings (SSSR count). The highest BCUT2D eigenvalue weighted by Crippen LogP contribution is 2.30. The number of nitrogens with one attached hydrogen (secondary N) is 1. The van der Waals surface area contributed by atoms with Crippen molar-refractivity contribution in [3.63, 3.8) is 0 Å². The molecule has 0 amide bonds. The lowest BCUT2D eigenvalue weighted by Crippen LogP contribution is -2.04. The van der Waals surface area contributed by atoms with Crippen LogP contribution in [0.25, 0.3) is 0 Å². The Labute approximate surface area is 137 Å². The molecular weight excluding hydrogens is 321 g/mol. The van der Waals surface area contributed by atoms with Crippen LogP contribution in [0.15, 0.2) is 47.6 Å². The summed E-state index contributed by atoms with van der Waals surface area (Å²) in [5, 5.41) is 4.00. The summed E-state index contributed by atoms with van der Waals surface area (Å²) in [6, 6.07) is 9.95. The van der Waals surface area contributed by atoms with Crippen molar-refractivity contribution in [1.29, 1.82) is 0 Å². The number of hydrazone groups is 1. The quantitative estimate of drug-likeness (QED) is 0.620.